The number of hydrogen-bond acceptors (Lipinski definition) is 4. The summed E-state index contributed by atoms with van der Waals surface area (Å²) in [6, 6.07) is 17.9. The van der Waals surface area contributed by atoms with Crippen LogP contribution in [0.2, 0.25) is 0 Å². The summed E-state index contributed by atoms with van der Waals surface area (Å²) in [5.41, 5.74) is 3.10. The number of carbonyl (C=O) groups excluding carboxylic acids is 1. The van der Waals surface area contributed by atoms with Crippen LogP contribution in [-0.4, -0.2) is 26.1 Å². The molecule has 1 aromatic heterocycles. The maximum atomic E-state index is 12.6. The lowest BCUT2D eigenvalue weighted by Crippen LogP contribution is -2.33. The molecule has 0 fully saturated rings. The maximum absolute atomic E-state index is 12.6. The lowest BCUT2D eigenvalue weighted by Gasteiger charge is -2.21. The zero-order valence-corrected chi connectivity index (χ0v) is 16.0. The lowest BCUT2D eigenvalue weighted by molar-refractivity contribution is -0.123. The van der Waals surface area contributed by atoms with Crippen molar-refractivity contribution in [3.63, 3.8) is 0 Å². The topological polar surface area (TPSA) is 72.7 Å². The number of aryl methyl sites for hydroxylation is 1. The van der Waals surface area contributed by atoms with E-state index < -0.39 is 0 Å². The summed E-state index contributed by atoms with van der Waals surface area (Å²) >= 11 is 0. The van der Waals surface area contributed by atoms with Crippen LogP contribution in [0, 0.1) is 12.8 Å². The molecule has 1 amide bonds. The minimum Gasteiger partial charge on any atom is -0.348 e. The van der Waals surface area contributed by atoms with E-state index in [-0.39, 0.29) is 18.5 Å². The van der Waals surface area contributed by atoms with Crippen molar-refractivity contribution in [1.29, 1.82) is 0 Å². The van der Waals surface area contributed by atoms with Gasteiger partial charge in [0.15, 0.2) is 0 Å². The molecule has 0 saturated carbocycles. The second-order valence-corrected chi connectivity index (χ2v) is 7.12. The molecule has 1 unspecified atom stereocenters. The van der Waals surface area contributed by atoms with Gasteiger partial charge in [0.2, 0.25) is 11.7 Å². The molecule has 2 aromatic carbocycles. The Kier molecular flexibility index (Phi) is 5.96. The number of tetrazole rings is 1. The van der Waals surface area contributed by atoms with Crippen LogP contribution in [0.3, 0.4) is 0 Å². The van der Waals surface area contributed by atoms with Gasteiger partial charge in [-0.05, 0) is 35.6 Å². The first-order valence-corrected chi connectivity index (χ1v) is 9.21. The fourth-order valence-electron chi connectivity index (χ4n) is 3.05. The van der Waals surface area contributed by atoms with E-state index in [0.717, 1.165) is 23.1 Å². The minimum atomic E-state index is -0.127. The van der Waals surface area contributed by atoms with Crippen LogP contribution in [0.25, 0.3) is 11.4 Å². The molecule has 0 aliphatic rings. The molecule has 3 rings (SSSR count). The molecule has 0 aliphatic heterocycles. The van der Waals surface area contributed by atoms with Gasteiger partial charge in [-0.3, -0.25) is 4.79 Å². The summed E-state index contributed by atoms with van der Waals surface area (Å²) in [4.78, 5) is 13.9. The van der Waals surface area contributed by atoms with Crippen molar-refractivity contribution in [2.24, 2.45) is 5.92 Å². The Morgan fingerprint density at radius 3 is 2.48 bits per heavy atom. The van der Waals surface area contributed by atoms with Crippen LogP contribution in [0.1, 0.15) is 37.4 Å². The fourth-order valence-corrected chi connectivity index (χ4v) is 3.05. The zero-order chi connectivity index (χ0) is 19.2. The molecular weight excluding hydrogens is 338 g/mol. The molecule has 0 spiro atoms. The van der Waals surface area contributed by atoms with Crippen molar-refractivity contribution in [3.05, 3.63) is 65.7 Å². The molecule has 0 radical (unpaired) electrons. The lowest BCUT2D eigenvalue weighted by atomic mass is 9.97. The quantitative estimate of drug-likeness (QED) is 0.697. The predicted octanol–water partition coefficient (Wildman–Crippen LogP) is 3.55. The Morgan fingerprint density at radius 2 is 1.78 bits per heavy atom. The first-order chi connectivity index (χ1) is 13.0. The van der Waals surface area contributed by atoms with Crippen LogP contribution in [0.4, 0.5) is 0 Å². The van der Waals surface area contributed by atoms with Gasteiger partial charge in [0, 0.05) is 5.56 Å². The van der Waals surface area contributed by atoms with Gasteiger partial charge in [-0.25, -0.2) is 0 Å². The van der Waals surface area contributed by atoms with E-state index in [1.54, 1.807) is 0 Å². The third-order valence-electron chi connectivity index (χ3n) is 4.37. The number of nitrogens with zero attached hydrogens (tertiary/aromatic N) is 4. The zero-order valence-electron chi connectivity index (χ0n) is 16.0. The second kappa shape index (κ2) is 8.58. The van der Waals surface area contributed by atoms with Crippen LogP contribution in [0.5, 0.6) is 0 Å². The number of rotatable bonds is 7. The number of hydrogen-bond donors (Lipinski definition) is 1. The molecule has 1 N–H and O–H groups in total. The Morgan fingerprint density at radius 1 is 1.07 bits per heavy atom. The summed E-state index contributed by atoms with van der Waals surface area (Å²) in [6.45, 7) is 6.34. The summed E-state index contributed by atoms with van der Waals surface area (Å²) in [5, 5.41) is 15.6. The van der Waals surface area contributed by atoms with Gasteiger partial charge < -0.3 is 5.32 Å². The summed E-state index contributed by atoms with van der Waals surface area (Å²) in [5.74, 6) is 0.869. The SMILES string of the molecule is Cc1ccccc1-c1nnn(CC(=O)NC(CC(C)C)c2ccccc2)n1. The summed E-state index contributed by atoms with van der Waals surface area (Å²) < 4.78 is 0. The highest BCUT2D eigenvalue weighted by molar-refractivity contribution is 5.76. The van der Waals surface area contributed by atoms with Crippen molar-refractivity contribution in [2.75, 3.05) is 0 Å². The number of nitrogens with one attached hydrogen (secondary N) is 1. The normalized spacial score (nSPS) is 12.1. The molecule has 0 bridgehead atoms. The van der Waals surface area contributed by atoms with Gasteiger partial charge in [-0.15, -0.1) is 10.2 Å². The summed E-state index contributed by atoms with van der Waals surface area (Å²) in [6.07, 6.45) is 0.870. The fraction of sp³-hybridized carbons (Fsp3) is 0.333. The highest BCUT2D eigenvalue weighted by Gasteiger charge is 2.17. The molecule has 27 heavy (non-hydrogen) atoms. The van der Waals surface area contributed by atoms with E-state index in [9.17, 15) is 4.79 Å². The van der Waals surface area contributed by atoms with Crippen LogP contribution < -0.4 is 5.32 Å². The average Bonchev–Trinajstić information content (AvgIpc) is 3.10. The van der Waals surface area contributed by atoms with Crippen molar-refractivity contribution in [2.45, 2.75) is 39.8 Å². The molecule has 0 saturated heterocycles. The number of amides is 1. The smallest absolute Gasteiger partial charge is 0.244 e. The van der Waals surface area contributed by atoms with Gasteiger partial charge in [-0.2, -0.15) is 4.80 Å². The second-order valence-electron chi connectivity index (χ2n) is 7.12. The Bertz CT molecular complexity index is 888. The van der Waals surface area contributed by atoms with Gasteiger partial charge in [0.05, 0.1) is 6.04 Å². The molecule has 6 heteroatoms. The Balaban J connectivity index is 1.68. The van der Waals surface area contributed by atoms with Gasteiger partial charge in [0.25, 0.3) is 0 Å². The third-order valence-corrected chi connectivity index (χ3v) is 4.37. The van der Waals surface area contributed by atoms with E-state index in [0.29, 0.717) is 11.7 Å². The molecule has 6 nitrogen and oxygen atoms in total. The standard InChI is InChI=1S/C21H25N5O/c1-15(2)13-19(17-10-5-4-6-11-17)22-20(27)14-26-24-21(23-25-26)18-12-8-7-9-16(18)3/h4-12,15,19H,13-14H2,1-3H3,(H,22,27). The molecular formula is C21H25N5O. The Labute approximate surface area is 159 Å². The van der Waals surface area contributed by atoms with E-state index in [1.807, 2.05) is 61.5 Å². The van der Waals surface area contributed by atoms with Crippen LogP contribution in [0.15, 0.2) is 54.6 Å². The summed E-state index contributed by atoms with van der Waals surface area (Å²) in [7, 11) is 0. The molecule has 140 valence electrons. The van der Waals surface area contributed by atoms with Crippen molar-refractivity contribution < 1.29 is 4.79 Å². The first kappa shape index (κ1) is 18.8. The number of aromatic nitrogens is 4. The number of benzene rings is 2. The van der Waals surface area contributed by atoms with Crippen molar-refractivity contribution in [1.82, 2.24) is 25.5 Å². The third kappa shape index (κ3) is 5.00. The Hall–Kier alpha value is -3.02. The first-order valence-electron chi connectivity index (χ1n) is 9.21. The molecule has 3 aromatic rings. The van der Waals surface area contributed by atoms with E-state index in [1.165, 1.54) is 4.80 Å². The molecule has 1 heterocycles. The minimum absolute atomic E-state index is 0.0296. The van der Waals surface area contributed by atoms with Crippen LogP contribution >= 0.6 is 0 Å². The van der Waals surface area contributed by atoms with E-state index in [4.69, 9.17) is 0 Å². The van der Waals surface area contributed by atoms with Crippen LogP contribution in [-0.2, 0) is 11.3 Å². The van der Waals surface area contributed by atoms with Crippen molar-refractivity contribution >= 4 is 5.91 Å². The van der Waals surface area contributed by atoms with E-state index in [2.05, 4.69) is 34.6 Å². The van der Waals surface area contributed by atoms with E-state index >= 15 is 0 Å². The largest absolute Gasteiger partial charge is 0.348 e. The molecule has 1 atom stereocenters. The number of carbonyl (C=O) groups is 1. The van der Waals surface area contributed by atoms with Crippen molar-refractivity contribution in [3.8, 4) is 11.4 Å². The maximum Gasteiger partial charge on any atom is 0.244 e. The molecule has 0 aliphatic carbocycles. The highest BCUT2D eigenvalue weighted by Crippen LogP contribution is 2.21. The van der Waals surface area contributed by atoms with Gasteiger partial charge in [0.1, 0.15) is 6.54 Å². The van der Waals surface area contributed by atoms with Gasteiger partial charge >= 0.3 is 0 Å². The highest BCUT2D eigenvalue weighted by atomic mass is 16.2. The van der Waals surface area contributed by atoms with Gasteiger partial charge in [-0.1, -0.05) is 68.4 Å². The average molecular weight is 363 g/mol. The monoisotopic (exact) mass is 363 g/mol. The predicted molar refractivity (Wildman–Crippen MR) is 105 cm³/mol.